The van der Waals surface area contributed by atoms with Crippen LogP contribution in [-0.2, 0) is 0 Å². The predicted octanol–water partition coefficient (Wildman–Crippen LogP) is 10.8. The van der Waals surface area contributed by atoms with Crippen molar-refractivity contribution >= 4 is 25.7 Å². The molecule has 0 nitrogen and oxygen atoms in total. The molecule has 0 N–H and O–H groups in total. The molecule has 0 saturated carbocycles. The Bertz CT molecular complexity index is 312. The first-order valence-electron chi connectivity index (χ1n) is 14.1. The van der Waals surface area contributed by atoms with E-state index < -0.39 is 14.6 Å². The molecule has 0 bridgehead atoms. The maximum atomic E-state index is 7.04. The Balaban J connectivity index is 4.75. The van der Waals surface area contributed by atoms with Gasteiger partial charge in [-0.3, -0.25) is 0 Å². The van der Waals surface area contributed by atoms with Crippen molar-refractivity contribution in [1.29, 1.82) is 0 Å². The van der Waals surface area contributed by atoms with Gasteiger partial charge in [-0.2, -0.15) is 0 Å². The molecule has 0 heterocycles. The molecule has 30 heavy (non-hydrogen) atoms. The van der Waals surface area contributed by atoms with Crippen LogP contribution in [0.5, 0.6) is 0 Å². The van der Waals surface area contributed by atoms with Crippen molar-refractivity contribution in [2.75, 3.05) is 24.3 Å². The molecular weight excluding hydrogens is 419 g/mol. The van der Waals surface area contributed by atoms with Crippen LogP contribution in [0, 0.1) is 0 Å². The van der Waals surface area contributed by atoms with Crippen molar-refractivity contribution in [2.24, 2.45) is 0 Å². The molecule has 0 aliphatic heterocycles. The molecule has 0 rings (SSSR count). The summed E-state index contributed by atoms with van der Waals surface area (Å²) in [5, 5.41) is 0. The molecule has 0 radical (unpaired) electrons. The fourth-order valence-electron chi connectivity index (χ4n) is 5.37. The number of hydrogen-bond donors (Lipinski definition) is 0. The second-order valence-corrected chi connectivity index (χ2v) is 23.4. The van der Waals surface area contributed by atoms with Gasteiger partial charge in [-0.05, 0) is 0 Å². The Hall–Kier alpha value is 0.937. The molecule has 0 amide bonds. The second kappa shape index (κ2) is 20.5. The molecule has 0 aromatic rings. The van der Waals surface area contributed by atoms with Gasteiger partial charge in [0.25, 0.3) is 0 Å². The molecule has 0 aliphatic carbocycles. The van der Waals surface area contributed by atoms with Crippen molar-refractivity contribution in [3.05, 3.63) is 0 Å². The van der Waals surface area contributed by atoms with Crippen LogP contribution in [-0.4, -0.2) is 31.7 Å². The van der Waals surface area contributed by atoms with Gasteiger partial charge in [-0.15, -0.1) is 0 Å². The number of unbranched alkanes of at least 4 members (excludes halogenated alkanes) is 15. The minimum absolute atomic E-state index is 1.21. The summed E-state index contributed by atoms with van der Waals surface area (Å²) in [7, 11) is -2.71. The van der Waals surface area contributed by atoms with E-state index in [1.807, 2.05) is 0 Å². The van der Waals surface area contributed by atoms with Crippen LogP contribution in [0.3, 0.4) is 0 Å². The average molecular weight is 479 g/mol. The second-order valence-electron chi connectivity index (χ2n) is 10.9. The maximum absolute atomic E-state index is 7.04. The molecule has 0 unspecified atom stereocenters. The fraction of sp³-hybridized carbons (Fsp3) is 1.00. The van der Waals surface area contributed by atoms with Crippen LogP contribution in [0.4, 0.5) is 0 Å². The average Bonchev–Trinajstić information content (AvgIpc) is 2.69. The monoisotopic (exact) mass is 478 g/mol. The first-order chi connectivity index (χ1) is 14.4. The van der Waals surface area contributed by atoms with E-state index in [4.69, 9.17) is 11.1 Å². The zero-order valence-corrected chi connectivity index (χ0v) is 24.7. The van der Waals surface area contributed by atoms with Gasteiger partial charge in [-0.1, -0.05) is 0 Å². The van der Waals surface area contributed by atoms with Gasteiger partial charge in [0, 0.05) is 0 Å². The molecule has 0 atom stereocenters. The van der Waals surface area contributed by atoms with Gasteiger partial charge in [0.2, 0.25) is 0 Å². The third-order valence-corrected chi connectivity index (χ3v) is 18.8. The Labute approximate surface area is 199 Å². The van der Waals surface area contributed by atoms with E-state index >= 15 is 0 Å². The summed E-state index contributed by atoms with van der Waals surface area (Å²) in [6.45, 7) is 11.8. The molecule has 0 saturated heterocycles. The van der Waals surface area contributed by atoms with Crippen LogP contribution in [0.2, 0.25) is 13.1 Å². The van der Waals surface area contributed by atoms with Gasteiger partial charge in [0.15, 0.2) is 0 Å². The third kappa shape index (κ3) is 19.6. The van der Waals surface area contributed by atoms with Crippen molar-refractivity contribution in [3.8, 4) is 0 Å². The van der Waals surface area contributed by atoms with Crippen molar-refractivity contribution in [1.82, 2.24) is 0 Å². The first-order valence-corrected chi connectivity index (χ1v) is 21.1. The Morgan fingerprint density at radius 2 is 0.733 bits per heavy atom. The third-order valence-electron chi connectivity index (χ3n) is 6.98. The number of rotatable bonds is 23. The van der Waals surface area contributed by atoms with Gasteiger partial charge >= 0.3 is 199 Å². The van der Waals surface area contributed by atoms with E-state index in [-0.39, 0.29) is 0 Å². The van der Waals surface area contributed by atoms with E-state index in [2.05, 4.69) is 33.9 Å². The van der Waals surface area contributed by atoms with Crippen LogP contribution >= 0.6 is 18.3 Å². The molecule has 184 valence electrons. The molecule has 0 aliphatic rings. The number of halogens is 1. The van der Waals surface area contributed by atoms with Crippen molar-refractivity contribution in [3.63, 3.8) is 0 Å². The summed E-state index contributed by atoms with van der Waals surface area (Å²) >= 11 is 7.04. The topological polar surface area (TPSA) is 0 Å². The zero-order chi connectivity index (χ0) is 22.6. The van der Waals surface area contributed by atoms with Crippen molar-refractivity contribution < 1.29 is 0 Å². The van der Waals surface area contributed by atoms with Crippen molar-refractivity contribution in [2.45, 2.75) is 149 Å². The molecule has 0 fully saturated rings. The normalized spacial score (nSPS) is 13.1. The van der Waals surface area contributed by atoms with E-state index in [0.717, 1.165) is 0 Å². The van der Waals surface area contributed by atoms with Crippen LogP contribution in [0.25, 0.3) is 0 Å². The molecule has 0 spiro atoms. The molecule has 3 heteroatoms. The number of hydrogen-bond acceptors (Lipinski definition) is 0. The Morgan fingerprint density at radius 1 is 0.467 bits per heavy atom. The van der Waals surface area contributed by atoms with Crippen LogP contribution in [0.1, 0.15) is 136 Å². The fourth-order valence-corrected chi connectivity index (χ4v) is 20.9. The van der Waals surface area contributed by atoms with Crippen LogP contribution < -0.4 is 0 Å². The Morgan fingerprint density at radius 3 is 1.00 bits per heavy atom. The zero-order valence-electron chi connectivity index (χ0n) is 21.9. The summed E-state index contributed by atoms with van der Waals surface area (Å²) in [6.07, 6.45) is 30.8. The van der Waals surface area contributed by atoms with Crippen LogP contribution in [0.15, 0.2) is 0 Å². The summed E-state index contributed by atoms with van der Waals surface area (Å²) in [6, 6.07) is 0. The van der Waals surface area contributed by atoms with E-state index in [0.29, 0.717) is 0 Å². The first kappa shape index (κ1) is 30.9. The molecular formula is C27H60ClPSi. The Kier molecular flexibility index (Phi) is 21.2. The van der Waals surface area contributed by atoms with E-state index in [1.54, 1.807) is 18.5 Å². The standard InChI is InChI=1S/C27H60ClPSi/c1-6-9-12-15-18-21-24-29(27-30(4,5)28,25-22-19-16-13-10-7-2)26-23-20-17-14-11-8-3/h29H,6-27H2,1-5H3. The molecule has 0 aromatic carbocycles. The summed E-state index contributed by atoms with van der Waals surface area (Å²) in [4.78, 5) is 0. The van der Waals surface area contributed by atoms with E-state index in [9.17, 15) is 0 Å². The van der Waals surface area contributed by atoms with Gasteiger partial charge < -0.3 is 0 Å². The van der Waals surface area contributed by atoms with Gasteiger partial charge in [0.1, 0.15) is 0 Å². The predicted molar refractivity (Wildman–Crippen MR) is 151 cm³/mol. The van der Waals surface area contributed by atoms with Gasteiger partial charge in [-0.25, -0.2) is 0 Å². The van der Waals surface area contributed by atoms with E-state index in [1.165, 1.54) is 121 Å². The quantitative estimate of drug-likeness (QED) is 0.0592. The summed E-state index contributed by atoms with van der Waals surface area (Å²) in [5.41, 5.74) is 0. The summed E-state index contributed by atoms with van der Waals surface area (Å²) in [5.74, 6) is 1.49. The van der Waals surface area contributed by atoms with Gasteiger partial charge in [0.05, 0.1) is 0 Å². The minimum atomic E-state index is -1.50. The SMILES string of the molecule is CCCCCCCC[PH](CCCCCCCC)(CCCCCCCC)C[Si](C)(C)Cl. The molecule has 0 aromatic heterocycles. The summed E-state index contributed by atoms with van der Waals surface area (Å²) < 4.78 is 0.